The van der Waals surface area contributed by atoms with Crippen LogP contribution in [0.2, 0.25) is 5.02 Å². The lowest BCUT2D eigenvalue weighted by molar-refractivity contribution is 0.0905. The number of urea groups is 1. The van der Waals surface area contributed by atoms with E-state index < -0.39 is 11.6 Å². The first-order valence-corrected chi connectivity index (χ1v) is 11.5. The van der Waals surface area contributed by atoms with Crippen LogP contribution in [0.25, 0.3) is 0 Å². The van der Waals surface area contributed by atoms with Gasteiger partial charge in [-0.3, -0.25) is 4.90 Å². The molecule has 5 heteroatoms. The van der Waals surface area contributed by atoms with Crippen molar-refractivity contribution in [3.8, 4) is 0 Å². The molecule has 2 atom stereocenters. The molecule has 0 aromatic heterocycles. The fraction of sp³-hybridized carbons (Fsp3) is 0.138. The molecule has 0 fully saturated rings. The minimum atomic E-state index is -1.15. The van der Waals surface area contributed by atoms with Crippen LogP contribution in [0.4, 0.5) is 16.2 Å². The molecule has 34 heavy (non-hydrogen) atoms. The summed E-state index contributed by atoms with van der Waals surface area (Å²) in [5.74, 6) is 0. The molecule has 0 radical (unpaired) electrons. The van der Waals surface area contributed by atoms with Crippen LogP contribution in [-0.4, -0.2) is 11.1 Å². The van der Waals surface area contributed by atoms with Crippen LogP contribution in [0.3, 0.4) is 0 Å². The predicted octanol–water partition coefficient (Wildman–Crippen LogP) is 7.34. The Morgan fingerprint density at radius 3 is 2.00 bits per heavy atom. The van der Waals surface area contributed by atoms with E-state index in [-0.39, 0.29) is 6.03 Å². The largest absolute Gasteiger partial charge is 0.386 e. The average molecular weight is 471 g/mol. The van der Waals surface area contributed by atoms with E-state index in [1.165, 1.54) is 0 Å². The first-order chi connectivity index (χ1) is 16.4. The van der Waals surface area contributed by atoms with E-state index >= 15 is 0 Å². The van der Waals surface area contributed by atoms with Gasteiger partial charge in [-0.25, -0.2) is 4.79 Å². The zero-order valence-corrected chi connectivity index (χ0v) is 19.9. The highest BCUT2D eigenvalue weighted by Crippen LogP contribution is 2.43. The Morgan fingerprint density at radius 1 is 0.853 bits per heavy atom. The molecule has 4 aromatic carbocycles. The van der Waals surface area contributed by atoms with Gasteiger partial charge >= 0.3 is 6.03 Å². The molecule has 4 aromatic rings. The van der Waals surface area contributed by atoms with Gasteiger partial charge in [0.05, 0.1) is 0 Å². The summed E-state index contributed by atoms with van der Waals surface area (Å²) in [5, 5.41) is 15.4. The zero-order chi connectivity index (χ0) is 24.1. The smallest absolute Gasteiger partial charge is 0.327 e. The number of hydrogen-bond acceptors (Lipinski definition) is 2. The van der Waals surface area contributed by atoms with Crippen molar-refractivity contribution in [3.63, 3.8) is 0 Å². The topological polar surface area (TPSA) is 52.6 Å². The van der Waals surface area contributed by atoms with Crippen LogP contribution in [0.5, 0.6) is 0 Å². The second kappa shape index (κ2) is 10.1. The number of nitrogens with zero attached hydrogens (tertiary/aromatic N) is 1. The van der Waals surface area contributed by atoms with Crippen LogP contribution < -0.4 is 10.2 Å². The maximum absolute atomic E-state index is 13.9. The van der Waals surface area contributed by atoms with Crippen molar-refractivity contribution in [2.75, 3.05) is 10.2 Å². The lowest BCUT2D eigenvalue weighted by Gasteiger charge is -2.45. The van der Waals surface area contributed by atoms with E-state index in [1.807, 2.05) is 98.8 Å². The van der Waals surface area contributed by atoms with E-state index in [0.29, 0.717) is 22.0 Å². The van der Waals surface area contributed by atoms with Gasteiger partial charge in [-0.2, -0.15) is 0 Å². The first kappa shape index (κ1) is 23.6. The Kier molecular flexibility index (Phi) is 7.01. The Labute approximate surface area is 205 Å². The number of carbonyl (C=O) groups excluding carboxylic acids is 1. The number of aryl methyl sites for hydroxylation is 1. The summed E-state index contributed by atoms with van der Waals surface area (Å²) in [6.07, 6.45) is -1.02. The highest BCUT2D eigenvalue weighted by atomic mass is 35.5. The van der Waals surface area contributed by atoms with Gasteiger partial charge in [-0.05, 0) is 61.4 Å². The normalized spacial score (nSPS) is 13.5. The van der Waals surface area contributed by atoms with Gasteiger partial charge in [0.25, 0.3) is 0 Å². The third-order valence-electron chi connectivity index (χ3n) is 6.06. The second-order valence-electron chi connectivity index (χ2n) is 8.43. The van der Waals surface area contributed by atoms with Gasteiger partial charge in [-0.1, -0.05) is 90.0 Å². The van der Waals surface area contributed by atoms with Gasteiger partial charge in [0.1, 0.15) is 11.6 Å². The van der Waals surface area contributed by atoms with Crippen LogP contribution in [0.1, 0.15) is 29.7 Å². The predicted molar refractivity (Wildman–Crippen MR) is 139 cm³/mol. The quantitative estimate of drug-likeness (QED) is 0.310. The summed E-state index contributed by atoms with van der Waals surface area (Å²) < 4.78 is 0. The minimum absolute atomic E-state index is 0.368. The Balaban J connectivity index is 1.88. The third kappa shape index (κ3) is 4.84. The van der Waals surface area contributed by atoms with Gasteiger partial charge < -0.3 is 10.4 Å². The van der Waals surface area contributed by atoms with Crippen molar-refractivity contribution >= 4 is 29.0 Å². The van der Waals surface area contributed by atoms with Crippen LogP contribution >= 0.6 is 11.6 Å². The summed E-state index contributed by atoms with van der Waals surface area (Å²) in [6, 6.07) is 33.3. The molecule has 0 saturated carbocycles. The van der Waals surface area contributed by atoms with Gasteiger partial charge in [0.15, 0.2) is 0 Å². The molecule has 0 aliphatic carbocycles. The molecule has 0 spiro atoms. The van der Waals surface area contributed by atoms with E-state index in [0.717, 1.165) is 11.1 Å². The first-order valence-electron chi connectivity index (χ1n) is 11.1. The number of rotatable bonds is 6. The average Bonchev–Trinajstić information content (AvgIpc) is 2.87. The molecule has 0 saturated heterocycles. The SMILES string of the molecule is Cc1ccc(NC(=O)N(c2ccc(Cl)cc2)C(C)(c2ccccc2)C(O)c2ccccc2)cc1. The van der Waals surface area contributed by atoms with Crippen LogP contribution in [0.15, 0.2) is 109 Å². The summed E-state index contributed by atoms with van der Waals surface area (Å²) in [7, 11) is 0. The molecule has 172 valence electrons. The highest BCUT2D eigenvalue weighted by Gasteiger charge is 2.45. The summed E-state index contributed by atoms with van der Waals surface area (Å²) in [4.78, 5) is 15.5. The van der Waals surface area contributed by atoms with Crippen molar-refractivity contribution in [2.24, 2.45) is 0 Å². The Bertz CT molecular complexity index is 1230. The second-order valence-corrected chi connectivity index (χ2v) is 8.87. The van der Waals surface area contributed by atoms with Gasteiger partial charge in [0, 0.05) is 16.4 Å². The van der Waals surface area contributed by atoms with Crippen LogP contribution in [-0.2, 0) is 5.54 Å². The van der Waals surface area contributed by atoms with Gasteiger partial charge in [0.2, 0.25) is 0 Å². The fourth-order valence-corrected chi connectivity index (χ4v) is 4.27. The molecule has 2 amide bonds. The lowest BCUT2D eigenvalue weighted by Crippen LogP contribution is -2.53. The molecule has 4 nitrogen and oxygen atoms in total. The number of nitrogens with one attached hydrogen (secondary N) is 1. The molecule has 0 heterocycles. The molecule has 4 rings (SSSR count). The Hall–Kier alpha value is -3.60. The monoisotopic (exact) mass is 470 g/mol. The van der Waals surface area contributed by atoms with E-state index in [4.69, 9.17) is 11.6 Å². The number of halogens is 1. The molecule has 2 N–H and O–H groups in total. The number of aliphatic hydroxyl groups is 1. The van der Waals surface area contributed by atoms with Crippen molar-refractivity contribution in [1.82, 2.24) is 0 Å². The zero-order valence-electron chi connectivity index (χ0n) is 19.2. The van der Waals surface area contributed by atoms with Crippen molar-refractivity contribution in [3.05, 3.63) is 131 Å². The number of aliphatic hydroxyl groups excluding tert-OH is 1. The standard InChI is InChI=1S/C29H27ClN2O2/c1-21-13-17-25(18-14-21)31-28(34)32(26-19-15-24(30)16-20-26)29(2,23-11-7-4-8-12-23)27(33)22-9-5-3-6-10-22/h3-20,27,33H,1-2H3,(H,31,34). The summed E-state index contributed by atoms with van der Waals surface area (Å²) >= 11 is 6.16. The van der Waals surface area contributed by atoms with Crippen molar-refractivity contribution in [1.29, 1.82) is 0 Å². The van der Waals surface area contributed by atoms with E-state index in [9.17, 15) is 9.90 Å². The summed E-state index contributed by atoms with van der Waals surface area (Å²) in [6.45, 7) is 3.87. The number of benzene rings is 4. The maximum Gasteiger partial charge on any atom is 0.327 e. The van der Waals surface area contributed by atoms with E-state index in [1.54, 1.807) is 29.2 Å². The minimum Gasteiger partial charge on any atom is -0.386 e. The molecular weight excluding hydrogens is 444 g/mol. The summed E-state index contributed by atoms with van der Waals surface area (Å²) in [5.41, 5.74) is 2.72. The molecule has 0 bridgehead atoms. The lowest BCUT2D eigenvalue weighted by atomic mass is 9.81. The molecule has 0 aliphatic heterocycles. The van der Waals surface area contributed by atoms with Crippen molar-refractivity contribution in [2.45, 2.75) is 25.5 Å². The molecular formula is C29H27ClN2O2. The Morgan fingerprint density at radius 2 is 1.41 bits per heavy atom. The highest BCUT2D eigenvalue weighted by molar-refractivity contribution is 6.30. The fourth-order valence-electron chi connectivity index (χ4n) is 4.15. The molecule has 0 aliphatic rings. The third-order valence-corrected chi connectivity index (χ3v) is 6.31. The van der Waals surface area contributed by atoms with Gasteiger partial charge in [-0.15, -0.1) is 0 Å². The van der Waals surface area contributed by atoms with E-state index in [2.05, 4.69) is 5.32 Å². The van der Waals surface area contributed by atoms with Crippen LogP contribution in [0, 0.1) is 6.92 Å². The molecule has 2 unspecified atom stereocenters. The number of anilines is 2. The number of amides is 2. The van der Waals surface area contributed by atoms with Crippen molar-refractivity contribution < 1.29 is 9.90 Å². The number of hydrogen-bond donors (Lipinski definition) is 2. The number of carbonyl (C=O) groups is 1. The maximum atomic E-state index is 13.9.